The quantitative estimate of drug-likeness (QED) is 0.742. The molecule has 0 atom stereocenters. The molecule has 3 aromatic rings. The van der Waals surface area contributed by atoms with Gasteiger partial charge in [-0.3, -0.25) is 0 Å². The maximum absolute atomic E-state index is 13.1. The van der Waals surface area contributed by atoms with Crippen LogP contribution in [0.1, 0.15) is 5.01 Å². The number of aromatic nitrogens is 1. The maximum Gasteiger partial charge on any atom is 0.140 e. The van der Waals surface area contributed by atoms with Crippen molar-refractivity contribution in [1.29, 1.82) is 0 Å². The number of anilines is 1. The summed E-state index contributed by atoms with van der Waals surface area (Å²) in [4.78, 5) is 4.39. The summed E-state index contributed by atoms with van der Waals surface area (Å²) >= 11 is 1.43. The molecule has 0 saturated heterocycles. The Morgan fingerprint density at radius 1 is 1.21 bits per heavy atom. The molecule has 19 heavy (non-hydrogen) atoms. The highest BCUT2D eigenvalue weighted by Gasteiger charge is 2.05. The lowest BCUT2D eigenvalue weighted by atomic mass is 10.3. The Kier molecular flexibility index (Phi) is 3.05. The van der Waals surface area contributed by atoms with Gasteiger partial charge in [-0.15, -0.1) is 11.3 Å². The average Bonchev–Trinajstić information content (AvgIpc) is 2.78. The van der Waals surface area contributed by atoms with Gasteiger partial charge in [-0.2, -0.15) is 0 Å². The Bertz CT molecular complexity index is 726. The molecular weight excluding hydrogens is 263 g/mol. The Morgan fingerprint density at radius 2 is 2.11 bits per heavy atom. The normalized spacial score (nSPS) is 10.8. The zero-order valence-corrected chi connectivity index (χ0v) is 10.8. The molecule has 0 spiro atoms. The van der Waals surface area contributed by atoms with Crippen LogP contribution in [0.2, 0.25) is 0 Å². The summed E-state index contributed by atoms with van der Waals surface area (Å²) in [5.74, 6) is 0.449. The summed E-state index contributed by atoms with van der Waals surface area (Å²) in [5, 5.41) is 0.808. The van der Waals surface area contributed by atoms with Crippen molar-refractivity contribution in [2.75, 3.05) is 5.73 Å². The van der Waals surface area contributed by atoms with Crippen LogP contribution in [-0.4, -0.2) is 4.98 Å². The molecule has 96 valence electrons. The van der Waals surface area contributed by atoms with Gasteiger partial charge in [0.25, 0.3) is 0 Å². The number of hydrogen-bond donors (Lipinski definition) is 1. The summed E-state index contributed by atoms with van der Waals surface area (Å²) in [7, 11) is 0. The Morgan fingerprint density at radius 3 is 2.95 bits per heavy atom. The fourth-order valence-corrected chi connectivity index (χ4v) is 2.66. The van der Waals surface area contributed by atoms with E-state index in [2.05, 4.69) is 4.98 Å². The molecule has 2 aromatic carbocycles. The molecule has 3 rings (SSSR count). The first kappa shape index (κ1) is 11.9. The van der Waals surface area contributed by atoms with Gasteiger partial charge in [0.2, 0.25) is 0 Å². The summed E-state index contributed by atoms with van der Waals surface area (Å²) in [6.45, 7) is 0.352. The van der Waals surface area contributed by atoms with Gasteiger partial charge in [0.15, 0.2) is 0 Å². The molecule has 0 aliphatic heterocycles. The third-order valence-corrected chi connectivity index (χ3v) is 3.61. The third kappa shape index (κ3) is 2.66. The van der Waals surface area contributed by atoms with Gasteiger partial charge < -0.3 is 10.5 Å². The van der Waals surface area contributed by atoms with Crippen LogP contribution in [0.5, 0.6) is 5.75 Å². The minimum Gasteiger partial charge on any atom is -0.486 e. The van der Waals surface area contributed by atoms with E-state index in [1.54, 1.807) is 18.2 Å². The van der Waals surface area contributed by atoms with Crippen LogP contribution in [0.25, 0.3) is 10.2 Å². The molecular formula is C14H11FN2OS. The van der Waals surface area contributed by atoms with E-state index in [0.717, 1.165) is 15.2 Å². The number of hydrogen-bond acceptors (Lipinski definition) is 4. The largest absolute Gasteiger partial charge is 0.486 e. The van der Waals surface area contributed by atoms with Gasteiger partial charge in [-0.1, -0.05) is 6.07 Å². The first-order chi connectivity index (χ1) is 9.20. The summed E-state index contributed by atoms with van der Waals surface area (Å²) in [6.07, 6.45) is 0. The Labute approximate surface area is 113 Å². The van der Waals surface area contributed by atoms with Gasteiger partial charge in [0.1, 0.15) is 23.2 Å². The van der Waals surface area contributed by atoms with Crippen LogP contribution in [0.3, 0.4) is 0 Å². The molecule has 5 heteroatoms. The fraction of sp³-hybridized carbons (Fsp3) is 0.0714. The smallest absolute Gasteiger partial charge is 0.140 e. The number of nitrogens with zero attached hydrogens (tertiary/aromatic N) is 1. The topological polar surface area (TPSA) is 48.1 Å². The predicted molar refractivity (Wildman–Crippen MR) is 74.8 cm³/mol. The minimum absolute atomic E-state index is 0.251. The number of thiazole rings is 1. The second-order valence-electron chi connectivity index (χ2n) is 4.08. The van der Waals surface area contributed by atoms with Gasteiger partial charge in [-0.05, 0) is 30.3 Å². The second-order valence-corrected chi connectivity index (χ2v) is 5.20. The zero-order chi connectivity index (χ0) is 13.2. The first-order valence-corrected chi connectivity index (χ1v) is 6.56. The molecule has 0 amide bonds. The van der Waals surface area contributed by atoms with E-state index >= 15 is 0 Å². The third-order valence-electron chi connectivity index (χ3n) is 2.62. The summed E-state index contributed by atoms with van der Waals surface area (Å²) < 4.78 is 19.5. The summed E-state index contributed by atoms with van der Waals surface area (Å²) in [6, 6.07) is 11.8. The SMILES string of the molecule is Nc1cccc(OCc2nc3ccc(F)cc3s2)c1. The lowest BCUT2D eigenvalue weighted by molar-refractivity contribution is 0.306. The van der Waals surface area contributed by atoms with Gasteiger partial charge in [0, 0.05) is 11.8 Å². The molecule has 0 unspecified atom stereocenters. The van der Waals surface area contributed by atoms with Crippen molar-refractivity contribution in [1.82, 2.24) is 4.98 Å². The number of rotatable bonds is 3. The molecule has 0 aliphatic carbocycles. The number of nitrogens with two attached hydrogens (primary N) is 1. The van der Waals surface area contributed by atoms with E-state index in [1.807, 2.05) is 12.1 Å². The van der Waals surface area contributed by atoms with Gasteiger partial charge in [-0.25, -0.2) is 9.37 Å². The monoisotopic (exact) mass is 274 g/mol. The van der Waals surface area contributed by atoms with E-state index in [1.165, 1.54) is 23.5 Å². The predicted octanol–water partition coefficient (Wildman–Crippen LogP) is 3.60. The molecule has 1 aromatic heterocycles. The standard InChI is InChI=1S/C14H11FN2OS/c15-9-4-5-12-13(6-9)19-14(17-12)8-18-11-3-1-2-10(16)7-11/h1-7H,8,16H2. The lowest BCUT2D eigenvalue weighted by Gasteiger charge is -2.03. The van der Waals surface area contributed by atoms with Crippen molar-refractivity contribution < 1.29 is 9.13 Å². The lowest BCUT2D eigenvalue weighted by Crippen LogP contribution is -1.95. The van der Waals surface area contributed by atoms with Crippen molar-refractivity contribution in [2.45, 2.75) is 6.61 Å². The Hall–Kier alpha value is -2.14. The molecule has 0 saturated carbocycles. The van der Waals surface area contributed by atoms with Crippen molar-refractivity contribution in [3.8, 4) is 5.75 Å². The van der Waals surface area contributed by atoms with E-state index in [-0.39, 0.29) is 5.82 Å². The molecule has 3 nitrogen and oxygen atoms in total. The average molecular weight is 274 g/mol. The van der Waals surface area contributed by atoms with Crippen LogP contribution in [0.15, 0.2) is 42.5 Å². The number of benzene rings is 2. The highest BCUT2D eigenvalue weighted by atomic mass is 32.1. The second kappa shape index (κ2) is 4.85. The van der Waals surface area contributed by atoms with Crippen molar-refractivity contribution in [2.24, 2.45) is 0 Å². The molecule has 2 N–H and O–H groups in total. The van der Waals surface area contributed by atoms with E-state index in [4.69, 9.17) is 10.5 Å². The number of nitrogen functional groups attached to an aromatic ring is 1. The number of fused-ring (bicyclic) bond motifs is 1. The van der Waals surface area contributed by atoms with Crippen LogP contribution in [0, 0.1) is 5.82 Å². The molecule has 0 fully saturated rings. The van der Waals surface area contributed by atoms with Gasteiger partial charge >= 0.3 is 0 Å². The summed E-state index contributed by atoms with van der Waals surface area (Å²) in [5.41, 5.74) is 7.12. The van der Waals surface area contributed by atoms with Crippen LogP contribution < -0.4 is 10.5 Å². The molecule has 0 aliphatic rings. The fourth-order valence-electron chi connectivity index (χ4n) is 1.76. The first-order valence-electron chi connectivity index (χ1n) is 5.74. The van der Waals surface area contributed by atoms with E-state index in [9.17, 15) is 4.39 Å². The van der Waals surface area contributed by atoms with Gasteiger partial charge in [0.05, 0.1) is 10.2 Å². The van der Waals surface area contributed by atoms with Crippen molar-refractivity contribution >= 4 is 27.2 Å². The van der Waals surface area contributed by atoms with Crippen molar-refractivity contribution in [3.63, 3.8) is 0 Å². The number of ether oxygens (including phenoxy) is 1. The molecule has 1 heterocycles. The highest BCUT2D eigenvalue weighted by Crippen LogP contribution is 2.24. The highest BCUT2D eigenvalue weighted by molar-refractivity contribution is 7.18. The van der Waals surface area contributed by atoms with E-state index < -0.39 is 0 Å². The minimum atomic E-state index is -0.251. The van der Waals surface area contributed by atoms with Crippen LogP contribution >= 0.6 is 11.3 Å². The van der Waals surface area contributed by atoms with Crippen LogP contribution in [-0.2, 0) is 6.61 Å². The van der Waals surface area contributed by atoms with Crippen molar-refractivity contribution in [3.05, 3.63) is 53.3 Å². The number of halogens is 1. The zero-order valence-electron chi connectivity index (χ0n) is 9.97. The van der Waals surface area contributed by atoms with Crippen LogP contribution in [0.4, 0.5) is 10.1 Å². The Balaban J connectivity index is 1.78. The molecule has 0 bridgehead atoms. The molecule has 0 radical (unpaired) electrons. The maximum atomic E-state index is 13.1. The van der Waals surface area contributed by atoms with E-state index in [0.29, 0.717) is 18.0 Å².